The van der Waals surface area contributed by atoms with Gasteiger partial charge in [0, 0.05) is 12.1 Å². The lowest BCUT2D eigenvalue weighted by atomic mass is 10.1. The number of aliphatic imine (C=N–C) groups is 2. The molecule has 0 atom stereocenters. The first-order chi connectivity index (χ1) is 11.2. The first kappa shape index (κ1) is 17.4. The summed E-state index contributed by atoms with van der Waals surface area (Å²) in [6.07, 6.45) is -5.08. The smallest absolute Gasteiger partial charge is 0.490 e. The Morgan fingerprint density at radius 1 is 1.42 bits per heavy atom. The van der Waals surface area contributed by atoms with Crippen molar-refractivity contribution in [3.8, 4) is 11.5 Å². The van der Waals surface area contributed by atoms with E-state index in [9.17, 15) is 18.3 Å². The van der Waals surface area contributed by atoms with E-state index in [-0.39, 0.29) is 5.75 Å². The average molecular weight is 346 g/mol. The number of hydrogen-bond acceptors (Lipinski definition) is 7. The van der Waals surface area contributed by atoms with E-state index in [4.69, 9.17) is 20.4 Å². The van der Waals surface area contributed by atoms with Gasteiger partial charge in [0.15, 0.2) is 11.5 Å². The van der Waals surface area contributed by atoms with E-state index in [1.165, 1.54) is 7.11 Å². The first-order valence-electron chi connectivity index (χ1n) is 6.53. The summed E-state index contributed by atoms with van der Waals surface area (Å²) in [6.45, 7) is 1.45. The zero-order valence-electron chi connectivity index (χ0n) is 12.3. The Balaban J connectivity index is 0.000000256. The number of nitrogens with two attached hydrogens (primary N) is 1. The van der Waals surface area contributed by atoms with Gasteiger partial charge in [-0.3, -0.25) is 9.89 Å². The van der Waals surface area contributed by atoms with Crippen molar-refractivity contribution in [2.24, 2.45) is 15.7 Å². The van der Waals surface area contributed by atoms with Crippen LogP contribution >= 0.6 is 0 Å². The van der Waals surface area contributed by atoms with Gasteiger partial charge in [0.05, 0.1) is 13.7 Å². The molecule has 0 fully saturated rings. The molecule has 0 saturated heterocycles. The molecule has 3 rings (SSSR count). The maximum atomic E-state index is 10.6. The van der Waals surface area contributed by atoms with Crippen molar-refractivity contribution >= 4 is 23.5 Å². The molecule has 0 radical (unpaired) electrons. The summed E-state index contributed by atoms with van der Waals surface area (Å²) < 4.78 is 36.9. The van der Waals surface area contributed by atoms with Crippen molar-refractivity contribution in [3.05, 3.63) is 17.7 Å². The molecule has 11 heteroatoms. The van der Waals surface area contributed by atoms with Gasteiger partial charge in [-0.1, -0.05) is 0 Å². The molecule has 2 aliphatic rings. The summed E-state index contributed by atoms with van der Waals surface area (Å²) in [6, 6.07) is 3.36. The van der Waals surface area contributed by atoms with Gasteiger partial charge in [-0.05, 0) is 12.1 Å². The SMILES string of the molecule is COc1c(O)ccc2c1N=C(N)N1CCN=C21.O=C(O)C(F)(F)F. The number of halogens is 3. The van der Waals surface area contributed by atoms with Gasteiger partial charge in [-0.2, -0.15) is 13.2 Å². The number of carboxylic acid groups (broad SMARTS) is 1. The van der Waals surface area contributed by atoms with Crippen LogP contribution in [0.4, 0.5) is 18.9 Å². The lowest BCUT2D eigenvalue weighted by Crippen LogP contribution is -2.42. The fourth-order valence-corrected chi connectivity index (χ4v) is 2.13. The van der Waals surface area contributed by atoms with Crippen molar-refractivity contribution in [2.75, 3.05) is 20.2 Å². The molecule has 0 aliphatic carbocycles. The molecule has 0 bridgehead atoms. The van der Waals surface area contributed by atoms with Gasteiger partial charge in [-0.25, -0.2) is 9.79 Å². The Morgan fingerprint density at radius 2 is 2.04 bits per heavy atom. The van der Waals surface area contributed by atoms with Crippen LogP contribution in [0.5, 0.6) is 11.5 Å². The number of alkyl halides is 3. The highest BCUT2D eigenvalue weighted by Gasteiger charge is 2.38. The van der Waals surface area contributed by atoms with E-state index in [1.807, 2.05) is 4.90 Å². The quantitative estimate of drug-likeness (QED) is 0.699. The highest BCUT2D eigenvalue weighted by atomic mass is 19.4. The number of nitrogens with zero attached hydrogens (tertiary/aromatic N) is 3. The number of phenols is 1. The minimum atomic E-state index is -5.08. The zero-order chi connectivity index (χ0) is 18.1. The topological polar surface area (TPSA) is 121 Å². The molecular formula is C13H13F3N4O4. The lowest BCUT2D eigenvalue weighted by Gasteiger charge is -2.25. The minimum absolute atomic E-state index is 0.0508. The van der Waals surface area contributed by atoms with Gasteiger partial charge in [0.1, 0.15) is 11.5 Å². The molecular weight excluding hydrogens is 333 g/mol. The second-order valence-corrected chi connectivity index (χ2v) is 4.64. The molecule has 4 N–H and O–H groups in total. The Morgan fingerprint density at radius 3 is 2.58 bits per heavy atom. The molecule has 130 valence electrons. The van der Waals surface area contributed by atoms with E-state index in [0.717, 1.165) is 17.9 Å². The number of guanidine groups is 1. The number of phenolic OH excluding ortho intramolecular Hbond substituents is 1. The molecule has 0 spiro atoms. The Bertz CT molecular complexity index is 731. The highest BCUT2D eigenvalue weighted by molar-refractivity contribution is 6.16. The maximum Gasteiger partial charge on any atom is 0.490 e. The van der Waals surface area contributed by atoms with Gasteiger partial charge in [0.25, 0.3) is 0 Å². The van der Waals surface area contributed by atoms with E-state index >= 15 is 0 Å². The summed E-state index contributed by atoms with van der Waals surface area (Å²) in [5.74, 6) is -1.19. The molecule has 0 aromatic heterocycles. The van der Waals surface area contributed by atoms with E-state index in [0.29, 0.717) is 23.9 Å². The number of fused-ring (bicyclic) bond motifs is 3. The number of methoxy groups -OCH3 is 1. The number of amidine groups is 1. The molecule has 0 unspecified atom stereocenters. The number of carboxylic acids is 1. The number of hydrogen-bond donors (Lipinski definition) is 3. The van der Waals surface area contributed by atoms with Crippen LogP contribution in [0.25, 0.3) is 0 Å². The lowest BCUT2D eigenvalue weighted by molar-refractivity contribution is -0.192. The third-order valence-corrected chi connectivity index (χ3v) is 3.14. The van der Waals surface area contributed by atoms with Gasteiger partial charge >= 0.3 is 12.1 Å². The van der Waals surface area contributed by atoms with Crippen molar-refractivity contribution in [1.82, 2.24) is 4.90 Å². The predicted octanol–water partition coefficient (Wildman–Crippen LogP) is 1.06. The summed E-state index contributed by atoms with van der Waals surface area (Å²) in [4.78, 5) is 19.4. The number of carbonyl (C=O) groups is 1. The third-order valence-electron chi connectivity index (χ3n) is 3.14. The monoisotopic (exact) mass is 346 g/mol. The molecule has 1 aromatic rings. The van der Waals surface area contributed by atoms with E-state index in [2.05, 4.69) is 9.98 Å². The van der Waals surface area contributed by atoms with Crippen LogP contribution < -0.4 is 10.5 Å². The third kappa shape index (κ3) is 3.19. The van der Waals surface area contributed by atoms with Crippen LogP contribution in [-0.4, -0.2) is 59.3 Å². The molecule has 0 amide bonds. The molecule has 1 aromatic carbocycles. The number of aromatic hydroxyl groups is 1. The highest BCUT2D eigenvalue weighted by Crippen LogP contribution is 2.42. The van der Waals surface area contributed by atoms with E-state index < -0.39 is 12.1 Å². The minimum Gasteiger partial charge on any atom is -0.504 e. The van der Waals surface area contributed by atoms with Crippen LogP contribution in [0.15, 0.2) is 22.1 Å². The Hall–Kier alpha value is -2.98. The second-order valence-electron chi connectivity index (χ2n) is 4.64. The van der Waals surface area contributed by atoms with Crippen molar-refractivity contribution in [1.29, 1.82) is 0 Å². The van der Waals surface area contributed by atoms with Gasteiger partial charge < -0.3 is 20.7 Å². The number of aliphatic carboxylic acids is 1. The summed E-state index contributed by atoms with van der Waals surface area (Å²) in [5.41, 5.74) is 7.25. The molecule has 2 aliphatic heterocycles. The summed E-state index contributed by atoms with van der Waals surface area (Å²) >= 11 is 0. The average Bonchev–Trinajstić information content (AvgIpc) is 2.97. The van der Waals surface area contributed by atoms with Crippen LogP contribution in [0, 0.1) is 0 Å². The fraction of sp³-hybridized carbons (Fsp3) is 0.308. The first-order valence-corrected chi connectivity index (χ1v) is 6.53. The van der Waals surface area contributed by atoms with Crippen molar-refractivity contribution in [3.63, 3.8) is 0 Å². The van der Waals surface area contributed by atoms with Crippen molar-refractivity contribution in [2.45, 2.75) is 6.18 Å². The Kier molecular flexibility index (Phi) is 4.53. The molecule has 0 saturated carbocycles. The number of ether oxygens (including phenoxy) is 1. The van der Waals surface area contributed by atoms with E-state index in [1.54, 1.807) is 12.1 Å². The largest absolute Gasteiger partial charge is 0.504 e. The summed E-state index contributed by atoms with van der Waals surface area (Å²) in [7, 11) is 1.49. The van der Waals surface area contributed by atoms with Crippen molar-refractivity contribution < 1.29 is 32.9 Å². The van der Waals surface area contributed by atoms with Crippen LogP contribution in [0.1, 0.15) is 5.56 Å². The van der Waals surface area contributed by atoms with Crippen LogP contribution in [0.3, 0.4) is 0 Å². The standard InChI is InChI=1S/C11H12N4O2.C2HF3O2/c1-17-9-7(16)3-2-6-8(9)14-11(12)15-5-4-13-10(6)15;3-2(4,5)1(6)7/h2-3,16H,4-5H2,1H3,(H2,12,14);(H,6,7). The van der Waals surface area contributed by atoms with Gasteiger partial charge in [0.2, 0.25) is 5.96 Å². The van der Waals surface area contributed by atoms with Crippen LogP contribution in [0.2, 0.25) is 0 Å². The van der Waals surface area contributed by atoms with Crippen LogP contribution in [-0.2, 0) is 4.79 Å². The predicted molar refractivity (Wildman–Crippen MR) is 77.7 cm³/mol. The fourth-order valence-electron chi connectivity index (χ4n) is 2.13. The maximum absolute atomic E-state index is 10.6. The molecule has 24 heavy (non-hydrogen) atoms. The van der Waals surface area contributed by atoms with Gasteiger partial charge in [-0.15, -0.1) is 0 Å². The molecule has 2 heterocycles. The zero-order valence-corrected chi connectivity index (χ0v) is 12.3. The number of rotatable bonds is 1. The molecule has 8 nitrogen and oxygen atoms in total. The second kappa shape index (κ2) is 6.26. The number of benzene rings is 1. The summed E-state index contributed by atoms with van der Waals surface area (Å²) in [5, 5.41) is 16.8. The normalized spacial score (nSPS) is 15.4. The Labute approximate surface area is 133 Å².